The van der Waals surface area contributed by atoms with Crippen LogP contribution in [0.3, 0.4) is 0 Å². The topological polar surface area (TPSA) is 47.5 Å². The van der Waals surface area contributed by atoms with Crippen LogP contribution >= 0.6 is 0 Å². The number of hydrogen-bond donors (Lipinski definition) is 0. The van der Waals surface area contributed by atoms with Gasteiger partial charge in [0.2, 0.25) is 0 Å². The van der Waals surface area contributed by atoms with E-state index in [1.807, 2.05) is 0 Å². The van der Waals surface area contributed by atoms with Crippen molar-refractivity contribution in [3.05, 3.63) is 89.0 Å². The zero-order valence-electron chi connectivity index (χ0n) is 16.0. The van der Waals surface area contributed by atoms with Crippen LogP contribution in [0.5, 0.6) is 5.75 Å². The number of pyridine rings is 2. The van der Waals surface area contributed by atoms with Crippen molar-refractivity contribution < 1.29 is 40.2 Å². The van der Waals surface area contributed by atoms with Crippen LogP contribution in [0.15, 0.2) is 54.9 Å². The Balaban J connectivity index is 1.47. The molecule has 0 N–H and O–H groups in total. The lowest BCUT2D eigenvalue weighted by atomic mass is 9.90. The Kier molecular flexibility index (Phi) is 5.32. The fraction of sp³-hybridized carbons (Fsp3) is 0.238. The summed E-state index contributed by atoms with van der Waals surface area (Å²) >= 11 is 0. The van der Waals surface area contributed by atoms with Gasteiger partial charge in [0.1, 0.15) is 35.4 Å². The molecule has 1 aliphatic heterocycles. The first kappa shape index (κ1) is 22.0. The fourth-order valence-electron chi connectivity index (χ4n) is 3.10. The van der Waals surface area contributed by atoms with Crippen molar-refractivity contribution in [1.29, 1.82) is 0 Å². The number of halogens is 7. The molecule has 1 saturated heterocycles. The summed E-state index contributed by atoms with van der Waals surface area (Å²) < 4.78 is 105. The molecule has 1 fully saturated rings. The Labute approximate surface area is 176 Å². The quantitative estimate of drug-likeness (QED) is 0.368. The summed E-state index contributed by atoms with van der Waals surface area (Å²) in [4.78, 5) is 6.97. The Bertz CT molecular complexity index is 1110. The number of epoxide rings is 1. The minimum Gasteiger partial charge on any atom is -0.487 e. The third kappa shape index (κ3) is 3.99. The average molecular weight is 458 g/mol. The van der Waals surface area contributed by atoms with E-state index in [9.17, 15) is 22.0 Å². The second-order valence-electron chi connectivity index (χ2n) is 7.03. The van der Waals surface area contributed by atoms with E-state index < -0.39 is 52.9 Å². The van der Waals surface area contributed by atoms with Gasteiger partial charge in [0.05, 0.1) is 12.8 Å². The van der Waals surface area contributed by atoms with Gasteiger partial charge in [-0.15, -0.1) is 0 Å². The summed E-state index contributed by atoms with van der Waals surface area (Å²) in [6, 6.07) is 6.38. The van der Waals surface area contributed by atoms with E-state index in [2.05, 4.69) is 9.97 Å². The number of ether oxygens (including phenoxy) is 2. The van der Waals surface area contributed by atoms with Crippen LogP contribution in [0.4, 0.5) is 30.7 Å². The van der Waals surface area contributed by atoms with Gasteiger partial charge in [-0.05, 0) is 30.3 Å². The molecule has 4 rings (SSSR count). The largest absolute Gasteiger partial charge is 0.487 e. The van der Waals surface area contributed by atoms with Gasteiger partial charge in [-0.2, -0.15) is 22.0 Å². The zero-order chi connectivity index (χ0) is 23.1. The third-order valence-corrected chi connectivity index (χ3v) is 4.89. The summed E-state index contributed by atoms with van der Waals surface area (Å²) in [5.41, 5.74) is -4.23. The van der Waals surface area contributed by atoms with Gasteiger partial charge in [0.15, 0.2) is 5.60 Å². The summed E-state index contributed by atoms with van der Waals surface area (Å²) in [5.74, 6) is -5.73. The minimum absolute atomic E-state index is 0.0724. The van der Waals surface area contributed by atoms with Gasteiger partial charge in [-0.3, -0.25) is 9.97 Å². The monoisotopic (exact) mass is 458 g/mol. The maximum absolute atomic E-state index is 15.1. The highest BCUT2D eigenvalue weighted by molar-refractivity contribution is 5.36. The van der Waals surface area contributed by atoms with Crippen molar-refractivity contribution in [2.75, 3.05) is 6.61 Å². The summed E-state index contributed by atoms with van der Waals surface area (Å²) in [6.07, 6.45) is -2.58. The van der Waals surface area contributed by atoms with Gasteiger partial charge < -0.3 is 9.47 Å². The average Bonchev–Trinajstić information content (AvgIpc) is 3.54. The van der Waals surface area contributed by atoms with Gasteiger partial charge >= 0.3 is 12.1 Å². The van der Waals surface area contributed by atoms with Crippen LogP contribution in [-0.4, -0.2) is 16.6 Å². The van der Waals surface area contributed by atoms with Gasteiger partial charge in [0, 0.05) is 23.4 Å². The molecule has 0 spiro atoms. The maximum atomic E-state index is 15.1. The molecule has 0 saturated carbocycles. The fourth-order valence-corrected chi connectivity index (χ4v) is 3.10. The second-order valence-corrected chi connectivity index (χ2v) is 7.03. The van der Waals surface area contributed by atoms with E-state index in [1.165, 1.54) is 12.1 Å². The van der Waals surface area contributed by atoms with E-state index in [0.29, 0.717) is 11.6 Å². The molecule has 1 unspecified atom stereocenters. The van der Waals surface area contributed by atoms with Crippen molar-refractivity contribution >= 4 is 0 Å². The normalized spacial score (nSPS) is 18.5. The summed E-state index contributed by atoms with van der Waals surface area (Å²) in [6.45, 7) is -0.653. The van der Waals surface area contributed by atoms with Gasteiger partial charge in [0.25, 0.3) is 0 Å². The molecule has 0 radical (unpaired) electrons. The maximum Gasteiger partial charge on any atom is 0.433 e. The molecule has 1 atom stereocenters. The molecular weight excluding hydrogens is 445 g/mol. The van der Waals surface area contributed by atoms with Crippen LogP contribution in [0, 0.1) is 11.6 Å². The molecule has 0 amide bonds. The Morgan fingerprint density at radius 2 is 1.59 bits per heavy atom. The van der Waals surface area contributed by atoms with Crippen molar-refractivity contribution in [3.8, 4) is 5.75 Å². The van der Waals surface area contributed by atoms with Crippen molar-refractivity contribution in [3.63, 3.8) is 0 Å². The van der Waals surface area contributed by atoms with E-state index in [1.54, 1.807) is 0 Å². The van der Waals surface area contributed by atoms with Crippen LogP contribution in [0.1, 0.15) is 22.5 Å². The van der Waals surface area contributed by atoms with E-state index in [0.717, 1.165) is 36.7 Å². The molecule has 3 aromatic rings. The number of hydrogen-bond acceptors (Lipinski definition) is 4. The number of alkyl halides is 5. The van der Waals surface area contributed by atoms with Crippen molar-refractivity contribution in [2.45, 2.75) is 24.3 Å². The van der Waals surface area contributed by atoms with E-state index in [-0.39, 0.29) is 12.4 Å². The third-order valence-electron chi connectivity index (χ3n) is 4.89. The minimum atomic E-state index is -4.57. The number of benzene rings is 1. The van der Waals surface area contributed by atoms with Crippen LogP contribution in [0.25, 0.3) is 0 Å². The first-order valence-corrected chi connectivity index (χ1v) is 9.12. The lowest BCUT2D eigenvalue weighted by Gasteiger charge is -2.24. The standard InChI is InChI=1S/C21H13F7N2O2/c22-13-2-4-15(16(23)7-13)19(11-32-19)20(24,25)17-6-3-14(9-30-17)31-10-12-1-5-18(29-8-12)21(26,27)28/h1-9H,10-11H2. The highest BCUT2D eigenvalue weighted by Gasteiger charge is 2.68. The van der Waals surface area contributed by atoms with Crippen molar-refractivity contribution in [1.82, 2.24) is 9.97 Å². The molecule has 2 aromatic heterocycles. The molecule has 11 heteroatoms. The predicted molar refractivity (Wildman–Crippen MR) is 95.7 cm³/mol. The first-order chi connectivity index (χ1) is 15.0. The predicted octanol–water partition coefficient (Wildman–Crippen LogP) is 5.37. The molecule has 4 nitrogen and oxygen atoms in total. The molecule has 1 aliphatic rings. The van der Waals surface area contributed by atoms with Gasteiger partial charge in [-0.25, -0.2) is 8.78 Å². The molecule has 32 heavy (non-hydrogen) atoms. The number of rotatable bonds is 6. The number of nitrogens with zero attached hydrogens (tertiary/aromatic N) is 2. The van der Waals surface area contributed by atoms with Crippen LogP contribution < -0.4 is 4.74 Å². The van der Waals surface area contributed by atoms with E-state index in [4.69, 9.17) is 9.47 Å². The highest BCUT2D eigenvalue weighted by Crippen LogP contribution is 2.56. The summed E-state index contributed by atoms with van der Waals surface area (Å²) in [5, 5.41) is 0. The highest BCUT2D eigenvalue weighted by atomic mass is 19.4. The molecule has 168 valence electrons. The van der Waals surface area contributed by atoms with Crippen molar-refractivity contribution in [2.24, 2.45) is 0 Å². The Morgan fingerprint density at radius 3 is 2.12 bits per heavy atom. The van der Waals surface area contributed by atoms with E-state index >= 15 is 8.78 Å². The zero-order valence-corrected chi connectivity index (χ0v) is 16.0. The first-order valence-electron chi connectivity index (χ1n) is 9.12. The lowest BCUT2D eigenvalue weighted by molar-refractivity contribution is -0.141. The van der Waals surface area contributed by atoms with Gasteiger partial charge in [-0.1, -0.05) is 6.07 Å². The molecule has 0 aliphatic carbocycles. The second kappa shape index (κ2) is 7.73. The Hall–Kier alpha value is -3.21. The SMILES string of the molecule is Fc1ccc(C2(C(F)(F)c3ccc(OCc4ccc(C(F)(F)F)nc4)cn3)CO2)c(F)c1. The Morgan fingerprint density at radius 1 is 0.906 bits per heavy atom. The molecular formula is C21H13F7N2O2. The van der Waals surface area contributed by atoms with Crippen LogP contribution in [0.2, 0.25) is 0 Å². The molecule has 1 aromatic carbocycles. The smallest absolute Gasteiger partial charge is 0.433 e. The molecule has 0 bridgehead atoms. The molecule has 3 heterocycles. The van der Waals surface area contributed by atoms with Crippen LogP contribution in [-0.2, 0) is 29.0 Å². The number of aromatic nitrogens is 2. The lowest BCUT2D eigenvalue weighted by Crippen LogP contribution is -2.34. The summed E-state index contributed by atoms with van der Waals surface area (Å²) in [7, 11) is 0.